The molecule has 1 saturated carbocycles. The highest BCUT2D eigenvalue weighted by Crippen LogP contribution is 2.51. The van der Waals surface area contributed by atoms with Gasteiger partial charge in [0, 0.05) is 19.0 Å². The number of carbonyl (C=O) groups excluding carboxylic acids is 2. The van der Waals surface area contributed by atoms with Crippen LogP contribution < -0.4 is 16.7 Å². The molecule has 1 aromatic heterocycles. The fourth-order valence-electron chi connectivity index (χ4n) is 3.80. The molecule has 7 unspecified atom stereocenters. The number of rotatable bonds is 11. The molecule has 2 heterocycles. The molecule has 35 heavy (non-hydrogen) atoms. The molecule has 1 aliphatic carbocycles. The van der Waals surface area contributed by atoms with Gasteiger partial charge in [-0.3, -0.25) is 23.2 Å². The van der Waals surface area contributed by atoms with Crippen LogP contribution in [0.2, 0.25) is 0 Å². The zero-order valence-corrected chi connectivity index (χ0v) is 19.4. The highest BCUT2D eigenvalue weighted by molar-refractivity contribution is 7.47. The molecule has 0 spiro atoms. The number of nitrogen functional groups attached to an aromatic ring is 1. The maximum Gasteiger partial charge on any atom is 0.473 e. The summed E-state index contributed by atoms with van der Waals surface area (Å²) in [6.07, 6.45) is -4.90. The minimum absolute atomic E-state index is 0.0690. The highest BCUT2D eigenvalue weighted by atomic mass is 31.2. The van der Waals surface area contributed by atoms with Gasteiger partial charge in [0.15, 0.2) is 18.1 Å². The van der Waals surface area contributed by atoms with Crippen molar-refractivity contribution in [1.29, 1.82) is 0 Å². The van der Waals surface area contributed by atoms with Gasteiger partial charge in [-0.2, -0.15) is 4.98 Å². The van der Waals surface area contributed by atoms with Gasteiger partial charge in [0.05, 0.1) is 18.8 Å². The highest BCUT2D eigenvalue weighted by Gasteiger charge is 2.55. The lowest BCUT2D eigenvalue weighted by atomic mass is 9.98. The third kappa shape index (κ3) is 6.02. The third-order valence-electron chi connectivity index (χ3n) is 5.75. The first-order chi connectivity index (χ1) is 16.3. The number of aliphatic hydroxyl groups excluding tert-OH is 3. The molecule has 7 N–H and O–H groups in total. The van der Waals surface area contributed by atoms with Gasteiger partial charge < -0.3 is 36.0 Å². The smallest absolute Gasteiger partial charge is 0.391 e. The van der Waals surface area contributed by atoms with Crippen molar-refractivity contribution in [2.75, 3.05) is 12.3 Å². The maximum atomic E-state index is 12.6. The molecule has 0 aromatic carbocycles. The third-order valence-corrected chi connectivity index (χ3v) is 6.79. The molecule has 15 nitrogen and oxygen atoms in total. The number of nitrogens with one attached hydrogen (secondary N) is 1. The topological polar surface area (TPSA) is 233 Å². The molecular formula is C19H27N4O11P. The van der Waals surface area contributed by atoms with Crippen molar-refractivity contribution in [2.24, 2.45) is 5.92 Å². The Labute approximate surface area is 198 Å². The lowest BCUT2D eigenvalue weighted by Crippen LogP contribution is -2.36. The number of phosphoric ester groups is 1. The van der Waals surface area contributed by atoms with Crippen molar-refractivity contribution in [1.82, 2.24) is 14.9 Å². The molecule has 9 atom stereocenters. The summed E-state index contributed by atoms with van der Waals surface area (Å²) in [5.74, 6) is -1.12. The van der Waals surface area contributed by atoms with Gasteiger partial charge in [0.2, 0.25) is 5.91 Å². The van der Waals surface area contributed by atoms with Crippen molar-refractivity contribution in [2.45, 2.75) is 55.6 Å². The number of hydrogen-bond donors (Lipinski definition) is 6. The van der Waals surface area contributed by atoms with Gasteiger partial charge in [-0.15, -0.1) is 0 Å². The van der Waals surface area contributed by atoms with Gasteiger partial charge >= 0.3 is 13.5 Å². The van der Waals surface area contributed by atoms with Crippen molar-refractivity contribution in [3.05, 3.63) is 35.4 Å². The normalized spacial score (nSPS) is 33.3. The van der Waals surface area contributed by atoms with Crippen LogP contribution in [0, 0.1) is 5.92 Å². The quantitative estimate of drug-likeness (QED) is 0.102. The van der Waals surface area contributed by atoms with Crippen LogP contribution in [-0.4, -0.2) is 84.6 Å². The molecule has 1 aliphatic heterocycles. The van der Waals surface area contributed by atoms with E-state index in [1.54, 1.807) is 0 Å². The van der Waals surface area contributed by atoms with E-state index < -0.39 is 74.2 Å². The summed E-state index contributed by atoms with van der Waals surface area (Å²) in [5, 5.41) is 33.0. The monoisotopic (exact) mass is 518 g/mol. The fraction of sp³-hybridized carbons (Fsp3) is 0.579. The summed E-state index contributed by atoms with van der Waals surface area (Å²) >= 11 is 0. The van der Waals surface area contributed by atoms with Crippen molar-refractivity contribution in [3.63, 3.8) is 0 Å². The molecule has 1 saturated heterocycles. The lowest BCUT2D eigenvalue weighted by Gasteiger charge is -2.27. The molecule has 194 valence electrons. The number of nitrogens with zero attached hydrogens (tertiary/aromatic N) is 2. The Bertz CT molecular complexity index is 1070. The second kappa shape index (κ2) is 10.2. The van der Waals surface area contributed by atoms with E-state index in [0.717, 1.165) is 10.6 Å². The first kappa shape index (κ1) is 27.1. The van der Waals surface area contributed by atoms with E-state index in [0.29, 0.717) is 0 Å². The average molecular weight is 518 g/mol. The molecule has 1 aromatic rings. The summed E-state index contributed by atoms with van der Waals surface area (Å²) < 4.78 is 28.8. The number of aldehydes is 1. The number of phosphoric acid groups is 1. The Morgan fingerprint density at radius 3 is 2.66 bits per heavy atom. The first-order valence-corrected chi connectivity index (χ1v) is 11.9. The molecule has 2 fully saturated rings. The Hall–Kier alpha value is -2.49. The largest absolute Gasteiger partial charge is 0.473 e. The summed E-state index contributed by atoms with van der Waals surface area (Å²) in [5.41, 5.74) is 2.52. The van der Waals surface area contributed by atoms with Crippen molar-refractivity contribution in [3.8, 4) is 0 Å². The minimum atomic E-state index is -4.99. The van der Waals surface area contributed by atoms with Gasteiger partial charge in [-0.1, -0.05) is 12.7 Å². The number of carbonyl (C=O) groups is 2. The number of hydrogen-bond acceptors (Lipinski definition) is 12. The zero-order valence-electron chi connectivity index (χ0n) is 18.5. The van der Waals surface area contributed by atoms with Gasteiger partial charge in [0.25, 0.3) is 0 Å². The van der Waals surface area contributed by atoms with E-state index in [2.05, 4.69) is 16.9 Å². The standard InChI is InChI=1S/C19H27N4O11P/c1-3-19(8-24,6-10-13(14(10)26)21-9(2)25)34-35(30,31)32-7-11-15(27)16(28)17(33-11)23-5-4-12(20)22-18(23)29/h3-5,8,10-11,13-17,26-28H,1,6-7H2,2H3,(H,21,25)(H,30,31)(H2,20,22,29)/t10?,11-,13?,14?,15?,16?,17-,19?/m1/s1. The summed E-state index contributed by atoms with van der Waals surface area (Å²) in [4.78, 5) is 48.6. The minimum Gasteiger partial charge on any atom is -0.391 e. The Kier molecular flexibility index (Phi) is 7.93. The molecule has 0 radical (unpaired) electrons. The van der Waals surface area contributed by atoms with E-state index in [1.165, 1.54) is 19.2 Å². The summed E-state index contributed by atoms with van der Waals surface area (Å²) in [7, 11) is -4.99. The van der Waals surface area contributed by atoms with Crippen molar-refractivity contribution < 1.29 is 48.2 Å². The number of ether oxygens (including phenoxy) is 1. The van der Waals surface area contributed by atoms with Crippen LogP contribution in [0.15, 0.2) is 29.7 Å². The van der Waals surface area contributed by atoms with Crippen LogP contribution in [0.3, 0.4) is 0 Å². The molecule has 0 bridgehead atoms. The Morgan fingerprint density at radius 2 is 2.09 bits per heavy atom. The molecule has 1 amide bonds. The SMILES string of the molecule is C=CC(C=O)(CC1C(O)C1NC(C)=O)OP(=O)(O)OC[C@H]1O[C@@H](n2ccc(N)nc2=O)C(O)C1O. The lowest BCUT2D eigenvalue weighted by molar-refractivity contribution is -0.120. The van der Waals surface area contributed by atoms with Gasteiger partial charge in [-0.25, -0.2) is 9.36 Å². The number of amides is 1. The Balaban J connectivity index is 1.64. The van der Waals surface area contributed by atoms with Crippen LogP contribution in [0.1, 0.15) is 19.6 Å². The molecule has 16 heteroatoms. The molecule has 2 aliphatic rings. The van der Waals surface area contributed by atoms with E-state index in [-0.39, 0.29) is 18.5 Å². The predicted molar refractivity (Wildman–Crippen MR) is 116 cm³/mol. The van der Waals surface area contributed by atoms with Crippen LogP contribution in [0.4, 0.5) is 5.82 Å². The van der Waals surface area contributed by atoms with Crippen LogP contribution >= 0.6 is 7.82 Å². The second-order valence-corrected chi connectivity index (χ2v) is 9.68. The first-order valence-electron chi connectivity index (χ1n) is 10.4. The van der Waals surface area contributed by atoms with Gasteiger partial charge in [-0.05, 0) is 12.5 Å². The average Bonchev–Trinajstić information content (AvgIpc) is 3.26. The van der Waals surface area contributed by atoms with E-state index in [1.807, 2.05) is 0 Å². The van der Waals surface area contributed by atoms with Crippen LogP contribution in [-0.2, 0) is 27.9 Å². The summed E-state index contributed by atoms with van der Waals surface area (Å²) in [6, 6.07) is 0.603. The van der Waals surface area contributed by atoms with Gasteiger partial charge in [0.1, 0.15) is 24.1 Å². The number of aliphatic hydroxyl groups is 3. The predicted octanol–water partition coefficient (Wildman–Crippen LogP) is -2.41. The fourth-order valence-corrected chi connectivity index (χ4v) is 4.81. The number of anilines is 1. The zero-order chi connectivity index (χ0) is 26.1. The number of nitrogens with two attached hydrogens (primary N) is 1. The van der Waals surface area contributed by atoms with E-state index in [4.69, 9.17) is 19.5 Å². The van der Waals surface area contributed by atoms with Crippen molar-refractivity contribution >= 4 is 25.8 Å². The molecular weight excluding hydrogens is 491 g/mol. The van der Waals surface area contributed by atoms with E-state index >= 15 is 0 Å². The maximum absolute atomic E-state index is 12.6. The van der Waals surface area contributed by atoms with Crippen LogP contribution in [0.25, 0.3) is 0 Å². The second-order valence-electron chi connectivity index (χ2n) is 8.31. The Morgan fingerprint density at radius 1 is 1.40 bits per heavy atom. The molecule has 3 rings (SSSR count). The number of aromatic nitrogens is 2. The van der Waals surface area contributed by atoms with E-state index in [9.17, 15) is 39.2 Å². The van der Waals surface area contributed by atoms with Crippen LogP contribution in [0.5, 0.6) is 0 Å². The summed E-state index contributed by atoms with van der Waals surface area (Å²) in [6.45, 7) is 3.91.